The van der Waals surface area contributed by atoms with Crippen molar-refractivity contribution in [2.45, 2.75) is 18.3 Å². The molecule has 2 aromatic rings. The van der Waals surface area contributed by atoms with Gasteiger partial charge < -0.3 is 15.8 Å². The summed E-state index contributed by atoms with van der Waals surface area (Å²) in [5.74, 6) is 0.446. The summed E-state index contributed by atoms with van der Waals surface area (Å²) in [5.41, 5.74) is 6.49. The highest BCUT2D eigenvalue weighted by molar-refractivity contribution is 5.95. The standard InChI is InChI=1S/C18H19N3O4/c1-25-16-5-3-2-4-13(16)18(8-9-18)11-20-17(22)12-6-7-14(19)15(10-12)21(23)24/h2-7,10H,8-9,11,19H2,1H3,(H,20,22). The average molecular weight is 341 g/mol. The summed E-state index contributed by atoms with van der Waals surface area (Å²) >= 11 is 0. The number of rotatable bonds is 6. The Morgan fingerprint density at radius 3 is 2.68 bits per heavy atom. The quantitative estimate of drug-likeness (QED) is 0.477. The molecule has 25 heavy (non-hydrogen) atoms. The third-order valence-electron chi connectivity index (χ3n) is 4.61. The number of nitro benzene ring substituents is 1. The van der Waals surface area contributed by atoms with Crippen LogP contribution in [0.1, 0.15) is 28.8 Å². The molecule has 1 fully saturated rings. The number of nitro groups is 1. The largest absolute Gasteiger partial charge is 0.496 e. The Kier molecular flexibility index (Phi) is 4.31. The molecule has 1 amide bonds. The van der Waals surface area contributed by atoms with Crippen LogP contribution in [0.5, 0.6) is 5.75 Å². The number of hydrogen-bond donors (Lipinski definition) is 2. The van der Waals surface area contributed by atoms with Crippen LogP contribution in [0.2, 0.25) is 0 Å². The molecule has 0 saturated heterocycles. The molecule has 7 heteroatoms. The maximum atomic E-state index is 12.4. The number of nitrogen functional groups attached to an aromatic ring is 1. The molecular weight excluding hydrogens is 322 g/mol. The summed E-state index contributed by atoms with van der Waals surface area (Å²) in [4.78, 5) is 22.8. The SMILES string of the molecule is COc1ccccc1C1(CNC(=O)c2ccc(N)c([N+](=O)[O-])c2)CC1. The van der Waals surface area contributed by atoms with Gasteiger partial charge in [0.15, 0.2) is 0 Å². The number of amides is 1. The summed E-state index contributed by atoms with van der Waals surface area (Å²) in [6, 6.07) is 11.8. The van der Waals surface area contributed by atoms with E-state index in [-0.39, 0.29) is 28.3 Å². The van der Waals surface area contributed by atoms with Gasteiger partial charge >= 0.3 is 0 Å². The predicted molar refractivity (Wildman–Crippen MR) is 93.7 cm³/mol. The van der Waals surface area contributed by atoms with Crippen molar-refractivity contribution >= 4 is 17.3 Å². The van der Waals surface area contributed by atoms with E-state index in [9.17, 15) is 14.9 Å². The van der Waals surface area contributed by atoms with E-state index in [1.54, 1.807) is 7.11 Å². The van der Waals surface area contributed by atoms with E-state index < -0.39 is 4.92 Å². The third-order valence-corrected chi connectivity index (χ3v) is 4.61. The Labute approximate surface area is 144 Å². The van der Waals surface area contributed by atoms with Crippen LogP contribution in [0.3, 0.4) is 0 Å². The maximum Gasteiger partial charge on any atom is 0.292 e. The molecule has 1 saturated carbocycles. The molecule has 0 aliphatic heterocycles. The highest BCUT2D eigenvalue weighted by Crippen LogP contribution is 2.50. The number of carbonyl (C=O) groups is 1. The molecule has 1 aliphatic carbocycles. The van der Waals surface area contributed by atoms with Crippen molar-refractivity contribution in [1.29, 1.82) is 0 Å². The normalized spacial score (nSPS) is 14.6. The van der Waals surface area contributed by atoms with Crippen molar-refractivity contribution in [2.24, 2.45) is 0 Å². The number of carbonyl (C=O) groups excluding carboxylic acids is 1. The molecule has 1 aliphatic rings. The van der Waals surface area contributed by atoms with Crippen molar-refractivity contribution in [3.05, 3.63) is 63.7 Å². The second-order valence-corrected chi connectivity index (χ2v) is 6.19. The molecule has 3 rings (SSSR count). The van der Waals surface area contributed by atoms with Crippen LogP contribution in [-0.2, 0) is 5.41 Å². The number of nitrogens with zero attached hydrogens (tertiary/aromatic N) is 1. The lowest BCUT2D eigenvalue weighted by Crippen LogP contribution is -2.32. The molecule has 0 bridgehead atoms. The molecule has 0 radical (unpaired) electrons. The lowest BCUT2D eigenvalue weighted by atomic mass is 9.94. The van der Waals surface area contributed by atoms with Crippen molar-refractivity contribution in [2.75, 3.05) is 19.4 Å². The number of benzene rings is 2. The monoisotopic (exact) mass is 341 g/mol. The van der Waals surface area contributed by atoms with Gasteiger partial charge in [-0.3, -0.25) is 14.9 Å². The fourth-order valence-corrected chi connectivity index (χ4v) is 2.97. The van der Waals surface area contributed by atoms with Gasteiger partial charge in [-0.15, -0.1) is 0 Å². The molecule has 0 unspecified atom stereocenters. The molecule has 3 N–H and O–H groups in total. The number of methoxy groups -OCH3 is 1. The van der Waals surface area contributed by atoms with Gasteiger partial charge in [0.2, 0.25) is 0 Å². The predicted octanol–water partition coefficient (Wildman–Crippen LogP) is 2.65. The summed E-state index contributed by atoms with van der Waals surface area (Å²) in [6.07, 6.45) is 1.91. The van der Waals surface area contributed by atoms with Gasteiger partial charge in [0.1, 0.15) is 11.4 Å². The smallest absolute Gasteiger partial charge is 0.292 e. The van der Waals surface area contributed by atoms with Gasteiger partial charge in [-0.05, 0) is 31.0 Å². The van der Waals surface area contributed by atoms with Gasteiger partial charge in [0, 0.05) is 29.2 Å². The second kappa shape index (κ2) is 6.43. The minimum absolute atomic E-state index is 0.0363. The van der Waals surface area contributed by atoms with E-state index in [0.717, 1.165) is 24.2 Å². The van der Waals surface area contributed by atoms with Crippen LogP contribution in [-0.4, -0.2) is 24.5 Å². The Bertz CT molecular complexity index is 831. The molecule has 0 spiro atoms. The minimum Gasteiger partial charge on any atom is -0.496 e. The van der Waals surface area contributed by atoms with Gasteiger partial charge in [0.25, 0.3) is 11.6 Å². The first-order valence-corrected chi connectivity index (χ1v) is 7.92. The number of nitrogens with one attached hydrogen (secondary N) is 1. The van der Waals surface area contributed by atoms with Gasteiger partial charge in [-0.2, -0.15) is 0 Å². The van der Waals surface area contributed by atoms with E-state index in [2.05, 4.69) is 5.32 Å². The second-order valence-electron chi connectivity index (χ2n) is 6.19. The number of hydrogen-bond acceptors (Lipinski definition) is 5. The zero-order valence-electron chi connectivity index (χ0n) is 13.8. The first kappa shape index (κ1) is 16.8. The molecule has 0 aromatic heterocycles. The van der Waals surface area contributed by atoms with Crippen LogP contribution < -0.4 is 15.8 Å². The molecule has 7 nitrogen and oxygen atoms in total. The highest BCUT2D eigenvalue weighted by Gasteiger charge is 2.46. The summed E-state index contributed by atoms with van der Waals surface area (Å²) in [5, 5.41) is 13.8. The van der Waals surface area contributed by atoms with Crippen LogP contribution in [0.25, 0.3) is 0 Å². The van der Waals surface area contributed by atoms with Crippen molar-refractivity contribution in [3.8, 4) is 5.75 Å². The van der Waals surface area contributed by atoms with E-state index >= 15 is 0 Å². The lowest BCUT2D eigenvalue weighted by molar-refractivity contribution is -0.383. The Balaban J connectivity index is 1.75. The fraction of sp³-hybridized carbons (Fsp3) is 0.278. The number of nitrogens with two attached hydrogens (primary N) is 1. The van der Waals surface area contributed by atoms with E-state index in [1.165, 1.54) is 18.2 Å². The fourth-order valence-electron chi connectivity index (χ4n) is 2.97. The molecular formula is C18H19N3O4. The van der Waals surface area contributed by atoms with E-state index in [4.69, 9.17) is 10.5 Å². The van der Waals surface area contributed by atoms with Crippen LogP contribution in [0, 0.1) is 10.1 Å². The first-order chi connectivity index (χ1) is 12.0. The number of para-hydroxylation sites is 1. The summed E-state index contributed by atoms with van der Waals surface area (Å²) < 4.78 is 5.42. The first-order valence-electron chi connectivity index (χ1n) is 7.92. The van der Waals surface area contributed by atoms with Crippen LogP contribution >= 0.6 is 0 Å². The third kappa shape index (κ3) is 3.26. The topological polar surface area (TPSA) is 107 Å². The molecule has 2 aromatic carbocycles. The Morgan fingerprint density at radius 2 is 2.04 bits per heavy atom. The van der Waals surface area contributed by atoms with Crippen molar-refractivity contribution < 1.29 is 14.5 Å². The highest BCUT2D eigenvalue weighted by atomic mass is 16.6. The van der Waals surface area contributed by atoms with Crippen molar-refractivity contribution in [1.82, 2.24) is 5.32 Å². The van der Waals surface area contributed by atoms with Crippen LogP contribution in [0.4, 0.5) is 11.4 Å². The Hall–Kier alpha value is -3.09. The maximum absolute atomic E-state index is 12.4. The lowest BCUT2D eigenvalue weighted by Gasteiger charge is -2.19. The summed E-state index contributed by atoms with van der Waals surface area (Å²) in [6.45, 7) is 0.449. The number of anilines is 1. The average Bonchev–Trinajstić information content (AvgIpc) is 3.41. The zero-order valence-corrected chi connectivity index (χ0v) is 13.8. The summed E-state index contributed by atoms with van der Waals surface area (Å²) in [7, 11) is 1.63. The molecule has 0 atom stereocenters. The van der Waals surface area contributed by atoms with Gasteiger partial charge in [-0.1, -0.05) is 18.2 Å². The minimum atomic E-state index is -0.594. The van der Waals surface area contributed by atoms with Gasteiger partial charge in [0.05, 0.1) is 12.0 Å². The van der Waals surface area contributed by atoms with E-state index in [1.807, 2.05) is 24.3 Å². The van der Waals surface area contributed by atoms with E-state index in [0.29, 0.717) is 6.54 Å². The molecule has 0 heterocycles. The zero-order chi connectivity index (χ0) is 18.0. The van der Waals surface area contributed by atoms with Gasteiger partial charge in [-0.25, -0.2) is 0 Å². The Morgan fingerprint density at radius 1 is 1.32 bits per heavy atom. The van der Waals surface area contributed by atoms with Crippen LogP contribution in [0.15, 0.2) is 42.5 Å². The van der Waals surface area contributed by atoms with Crippen molar-refractivity contribution in [3.63, 3.8) is 0 Å². The number of ether oxygens (including phenoxy) is 1. The molecule has 130 valence electrons.